The molecule has 0 spiro atoms. The van der Waals surface area contributed by atoms with E-state index >= 15 is 0 Å². The van der Waals surface area contributed by atoms with Gasteiger partial charge in [0.1, 0.15) is 5.60 Å². The zero-order valence-corrected chi connectivity index (χ0v) is 12.2. The van der Waals surface area contributed by atoms with Gasteiger partial charge in [-0.3, -0.25) is 0 Å². The van der Waals surface area contributed by atoms with Crippen molar-refractivity contribution < 1.29 is 9.53 Å². The van der Waals surface area contributed by atoms with Crippen LogP contribution in [0.4, 0.5) is 10.5 Å². The lowest BCUT2D eigenvalue weighted by Gasteiger charge is -2.20. The van der Waals surface area contributed by atoms with Gasteiger partial charge in [-0.25, -0.2) is 4.79 Å². The molecular formula is C15H24N2O2. The van der Waals surface area contributed by atoms with Crippen LogP contribution in [0.25, 0.3) is 0 Å². The molecule has 0 fully saturated rings. The number of nitrogens with two attached hydrogens (primary N) is 1. The number of hydrogen-bond acceptors (Lipinski definition) is 3. The topological polar surface area (TPSA) is 64.3 Å². The van der Waals surface area contributed by atoms with E-state index in [9.17, 15) is 4.79 Å². The fourth-order valence-corrected chi connectivity index (χ4v) is 1.80. The first kappa shape index (κ1) is 15.3. The fraction of sp³-hybridized carbons (Fsp3) is 0.533. The van der Waals surface area contributed by atoms with Crippen LogP contribution in [0.5, 0.6) is 0 Å². The van der Waals surface area contributed by atoms with Crippen LogP contribution in [0.2, 0.25) is 0 Å². The first-order chi connectivity index (χ1) is 8.81. The third kappa shape index (κ3) is 5.64. The molecule has 0 saturated carbocycles. The van der Waals surface area contributed by atoms with Gasteiger partial charge in [-0.2, -0.15) is 0 Å². The summed E-state index contributed by atoms with van der Waals surface area (Å²) in [7, 11) is 0. The number of rotatable bonds is 4. The van der Waals surface area contributed by atoms with Crippen LogP contribution in [-0.2, 0) is 17.7 Å². The zero-order valence-electron chi connectivity index (χ0n) is 12.2. The first-order valence-electron chi connectivity index (χ1n) is 6.66. The second-order valence-electron chi connectivity index (χ2n) is 5.63. The quantitative estimate of drug-likeness (QED) is 0.820. The number of hydrogen-bond donors (Lipinski definition) is 2. The van der Waals surface area contributed by atoms with Crippen molar-refractivity contribution in [2.24, 2.45) is 0 Å². The molecule has 4 heteroatoms. The van der Waals surface area contributed by atoms with Crippen molar-refractivity contribution in [3.05, 3.63) is 29.3 Å². The number of amides is 1. The third-order valence-electron chi connectivity index (χ3n) is 2.57. The minimum Gasteiger partial charge on any atom is -0.444 e. The van der Waals surface area contributed by atoms with Gasteiger partial charge < -0.3 is 15.8 Å². The van der Waals surface area contributed by atoms with Gasteiger partial charge in [0, 0.05) is 12.2 Å². The van der Waals surface area contributed by atoms with Crippen LogP contribution in [0.1, 0.15) is 45.2 Å². The summed E-state index contributed by atoms with van der Waals surface area (Å²) in [5.41, 5.74) is 8.33. The van der Waals surface area contributed by atoms with E-state index in [4.69, 9.17) is 10.5 Å². The van der Waals surface area contributed by atoms with Crippen LogP contribution >= 0.6 is 0 Å². The maximum Gasteiger partial charge on any atom is 0.407 e. The number of ether oxygens (including phenoxy) is 1. The van der Waals surface area contributed by atoms with Crippen molar-refractivity contribution in [2.45, 2.75) is 52.7 Å². The Morgan fingerprint density at radius 1 is 1.32 bits per heavy atom. The Morgan fingerprint density at radius 3 is 2.58 bits per heavy atom. The monoisotopic (exact) mass is 264 g/mol. The highest BCUT2D eigenvalue weighted by molar-refractivity contribution is 5.67. The van der Waals surface area contributed by atoms with Gasteiger partial charge in [0.15, 0.2) is 0 Å². The average molecular weight is 264 g/mol. The third-order valence-corrected chi connectivity index (χ3v) is 2.57. The van der Waals surface area contributed by atoms with Gasteiger partial charge in [-0.05, 0) is 50.5 Å². The molecule has 19 heavy (non-hydrogen) atoms. The molecule has 1 aromatic rings. The summed E-state index contributed by atoms with van der Waals surface area (Å²) in [5.74, 6) is 0. The lowest BCUT2D eigenvalue weighted by atomic mass is 10.0. The highest BCUT2D eigenvalue weighted by atomic mass is 16.6. The lowest BCUT2D eigenvalue weighted by Crippen LogP contribution is -2.32. The van der Waals surface area contributed by atoms with Crippen molar-refractivity contribution >= 4 is 11.8 Å². The maximum atomic E-state index is 11.6. The smallest absolute Gasteiger partial charge is 0.407 e. The van der Waals surface area contributed by atoms with Gasteiger partial charge in [-0.15, -0.1) is 0 Å². The van der Waals surface area contributed by atoms with Crippen LogP contribution in [0.3, 0.4) is 0 Å². The molecule has 1 rings (SSSR count). The van der Waals surface area contributed by atoms with E-state index in [0.29, 0.717) is 6.54 Å². The molecule has 0 aliphatic carbocycles. The Balaban J connectivity index is 2.64. The number of nitrogens with one attached hydrogen (secondary N) is 1. The summed E-state index contributed by atoms with van der Waals surface area (Å²) in [6.45, 7) is 8.12. The lowest BCUT2D eigenvalue weighted by molar-refractivity contribution is 0.0523. The standard InChI is InChI=1S/C15H24N2O2/c1-5-6-11-9-13(16)8-7-12(11)10-17-14(18)19-15(2,3)4/h7-9H,5-6,10,16H2,1-4H3,(H,17,18). The molecule has 0 aromatic heterocycles. The second-order valence-corrected chi connectivity index (χ2v) is 5.63. The second kappa shape index (κ2) is 6.45. The van der Waals surface area contributed by atoms with Crippen LogP contribution in [0, 0.1) is 0 Å². The largest absolute Gasteiger partial charge is 0.444 e. The van der Waals surface area contributed by atoms with Crippen molar-refractivity contribution in [1.82, 2.24) is 5.32 Å². The summed E-state index contributed by atoms with van der Waals surface area (Å²) >= 11 is 0. The fourth-order valence-electron chi connectivity index (χ4n) is 1.80. The van der Waals surface area contributed by atoms with E-state index < -0.39 is 11.7 Å². The number of alkyl carbamates (subject to hydrolysis) is 1. The molecule has 0 bridgehead atoms. The number of aryl methyl sites for hydroxylation is 1. The van der Waals surface area contributed by atoms with Gasteiger partial charge >= 0.3 is 6.09 Å². The number of carbonyl (C=O) groups is 1. The summed E-state index contributed by atoms with van der Waals surface area (Å²) in [6, 6.07) is 5.78. The molecule has 0 heterocycles. The van der Waals surface area contributed by atoms with E-state index in [1.807, 2.05) is 39.0 Å². The Bertz CT molecular complexity index is 436. The zero-order chi connectivity index (χ0) is 14.5. The van der Waals surface area contributed by atoms with Gasteiger partial charge in [0.25, 0.3) is 0 Å². The molecule has 0 aliphatic rings. The number of carbonyl (C=O) groups excluding carboxylic acids is 1. The number of nitrogen functional groups attached to an aromatic ring is 1. The van der Waals surface area contributed by atoms with Crippen molar-refractivity contribution in [1.29, 1.82) is 0 Å². The molecule has 0 saturated heterocycles. The molecule has 106 valence electrons. The normalized spacial score (nSPS) is 11.2. The van der Waals surface area contributed by atoms with Gasteiger partial charge in [-0.1, -0.05) is 19.4 Å². The molecule has 1 aromatic carbocycles. The summed E-state index contributed by atoms with van der Waals surface area (Å²) in [5, 5.41) is 2.77. The summed E-state index contributed by atoms with van der Waals surface area (Å²) in [4.78, 5) is 11.6. The average Bonchev–Trinajstić information content (AvgIpc) is 2.26. The van der Waals surface area contributed by atoms with Crippen LogP contribution in [-0.4, -0.2) is 11.7 Å². The first-order valence-corrected chi connectivity index (χ1v) is 6.66. The Morgan fingerprint density at radius 2 is 2.00 bits per heavy atom. The van der Waals surface area contributed by atoms with Crippen molar-refractivity contribution in [3.8, 4) is 0 Å². The van der Waals surface area contributed by atoms with E-state index in [2.05, 4.69) is 12.2 Å². The van der Waals surface area contributed by atoms with Crippen molar-refractivity contribution in [3.63, 3.8) is 0 Å². The minimum atomic E-state index is -0.475. The predicted molar refractivity (Wildman–Crippen MR) is 77.9 cm³/mol. The number of anilines is 1. The van der Waals surface area contributed by atoms with E-state index in [1.165, 1.54) is 5.56 Å². The van der Waals surface area contributed by atoms with E-state index in [0.717, 1.165) is 24.1 Å². The van der Waals surface area contributed by atoms with E-state index in [-0.39, 0.29) is 0 Å². The Labute approximate surface area is 115 Å². The Kier molecular flexibility index (Phi) is 5.21. The van der Waals surface area contributed by atoms with Gasteiger partial charge in [0.2, 0.25) is 0 Å². The maximum absolute atomic E-state index is 11.6. The highest BCUT2D eigenvalue weighted by Gasteiger charge is 2.16. The highest BCUT2D eigenvalue weighted by Crippen LogP contribution is 2.16. The minimum absolute atomic E-state index is 0.397. The molecule has 3 N–H and O–H groups in total. The van der Waals surface area contributed by atoms with Crippen LogP contribution in [0.15, 0.2) is 18.2 Å². The van der Waals surface area contributed by atoms with Crippen molar-refractivity contribution in [2.75, 3.05) is 5.73 Å². The number of benzene rings is 1. The molecule has 0 aliphatic heterocycles. The summed E-state index contributed by atoms with van der Waals surface area (Å²) in [6.07, 6.45) is 1.60. The molecular weight excluding hydrogens is 240 g/mol. The van der Waals surface area contributed by atoms with Gasteiger partial charge in [0.05, 0.1) is 0 Å². The SMILES string of the molecule is CCCc1cc(N)ccc1CNC(=O)OC(C)(C)C. The molecule has 0 radical (unpaired) electrons. The van der Waals surface area contributed by atoms with Crippen LogP contribution < -0.4 is 11.1 Å². The predicted octanol–water partition coefficient (Wildman–Crippen LogP) is 3.25. The Hall–Kier alpha value is -1.71. The molecule has 4 nitrogen and oxygen atoms in total. The molecule has 1 amide bonds. The molecule has 0 atom stereocenters. The summed E-state index contributed by atoms with van der Waals surface area (Å²) < 4.78 is 5.21. The van der Waals surface area contributed by atoms with E-state index in [1.54, 1.807) is 0 Å². The molecule has 0 unspecified atom stereocenters.